The number of fused-ring (bicyclic) bond motifs is 1. The van der Waals surface area contributed by atoms with Crippen molar-refractivity contribution >= 4 is 50.6 Å². The lowest BCUT2D eigenvalue weighted by Crippen LogP contribution is -2.07. The van der Waals surface area contributed by atoms with Gasteiger partial charge in [0.25, 0.3) is 0 Å². The second-order valence-electron chi connectivity index (χ2n) is 5.02. The Labute approximate surface area is 140 Å². The van der Waals surface area contributed by atoms with Crippen LogP contribution in [0.3, 0.4) is 0 Å². The lowest BCUT2D eigenvalue weighted by molar-refractivity contribution is 0.104. The molecule has 0 saturated heterocycles. The van der Waals surface area contributed by atoms with E-state index in [1.807, 2.05) is 43.5 Å². The zero-order valence-corrected chi connectivity index (χ0v) is 14.6. The molecule has 0 aliphatic carbocycles. The Morgan fingerprint density at radius 3 is 2.86 bits per heavy atom. The van der Waals surface area contributed by atoms with Gasteiger partial charge < -0.3 is 9.72 Å². The number of thiophene rings is 1. The molecule has 0 saturated carbocycles. The number of nitrogens with one attached hydrogen (secondary N) is 1. The summed E-state index contributed by atoms with van der Waals surface area (Å²) in [7, 11) is 0. The molecule has 0 aliphatic heterocycles. The van der Waals surface area contributed by atoms with E-state index >= 15 is 0 Å². The number of aromatic amines is 1. The molecule has 0 unspecified atom stereocenters. The summed E-state index contributed by atoms with van der Waals surface area (Å²) in [4.78, 5) is 15.9. The SMILES string of the molecule is CC(C)Oc1cccc2[nH]cc(C(=O)c3csc(I)c3)c12. The van der Waals surface area contributed by atoms with Gasteiger partial charge in [-0.2, -0.15) is 0 Å². The van der Waals surface area contributed by atoms with Crippen LogP contribution < -0.4 is 4.74 Å². The zero-order chi connectivity index (χ0) is 15.0. The van der Waals surface area contributed by atoms with Gasteiger partial charge in [0.2, 0.25) is 0 Å². The van der Waals surface area contributed by atoms with Crippen LogP contribution in [0.15, 0.2) is 35.8 Å². The van der Waals surface area contributed by atoms with Gasteiger partial charge in [0.05, 0.1) is 19.9 Å². The number of ether oxygens (including phenoxy) is 1. The van der Waals surface area contributed by atoms with Crippen molar-refractivity contribution in [3.63, 3.8) is 0 Å². The van der Waals surface area contributed by atoms with Crippen LogP contribution in [0.2, 0.25) is 0 Å². The average molecular weight is 411 g/mol. The standard InChI is InChI=1S/C16H14INO2S/c1-9(2)20-13-5-3-4-12-15(13)11(7-18-12)16(19)10-6-14(17)21-8-10/h3-9,18H,1-2H3. The number of carbonyl (C=O) groups is 1. The van der Waals surface area contributed by atoms with Crippen molar-refractivity contribution in [2.75, 3.05) is 0 Å². The van der Waals surface area contributed by atoms with E-state index < -0.39 is 0 Å². The van der Waals surface area contributed by atoms with Crippen LogP contribution in [-0.4, -0.2) is 16.9 Å². The van der Waals surface area contributed by atoms with Gasteiger partial charge in [0.1, 0.15) is 5.75 Å². The molecule has 3 aromatic rings. The lowest BCUT2D eigenvalue weighted by atomic mass is 10.0. The number of halogens is 1. The van der Waals surface area contributed by atoms with Gasteiger partial charge in [0, 0.05) is 22.7 Å². The Bertz CT molecular complexity index is 804. The second kappa shape index (κ2) is 5.81. The van der Waals surface area contributed by atoms with Gasteiger partial charge in [-0.25, -0.2) is 0 Å². The molecule has 5 heteroatoms. The van der Waals surface area contributed by atoms with Gasteiger partial charge in [-0.1, -0.05) is 6.07 Å². The Kier molecular flexibility index (Phi) is 4.03. The molecule has 2 heterocycles. The van der Waals surface area contributed by atoms with Crippen molar-refractivity contribution in [2.45, 2.75) is 20.0 Å². The monoisotopic (exact) mass is 411 g/mol. The Balaban J connectivity index is 2.12. The molecule has 1 N–H and O–H groups in total. The van der Waals surface area contributed by atoms with Crippen molar-refractivity contribution in [1.82, 2.24) is 4.98 Å². The molecular weight excluding hydrogens is 397 g/mol. The van der Waals surface area contributed by atoms with Crippen LogP contribution in [0.1, 0.15) is 29.8 Å². The number of benzene rings is 1. The van der Waals surface area contributed by atoms with Gasteiger partial charge in [-0.3, -0.25) is 4.79 Å². The maximum Gasteiger partial charge on any atom is 0.196 e. The van der Waals surface area contributed by atoms with E-state index in [0.717, 1.165) is 25.1 Å². The number of hydrogen-bond acceptors (Lipinski definition) is 3. The summed E-state index contributed by atoms with van der Waals surface area (Å²) in [6.07, 6.45) is 1.83. The molecule has 3 rings (SSSR count). The first kappa shape index (κ1) is 14.6. The highest BCUT2D eigenvalue weighted by Gasteiger charge is 2.18. The van der Waals surface area contributed by atoms with Crippen LogP contribution in [0.4, 0.5) is 0 Å². The molecule has 108 valence electrons. The minimum atomic E-state index is 0.0280. The molecule has 0 bridgehead atoms. The van der Waals surface area contributed by atoms with E-state index in [2.05, 4.69) is 27.6 Å². The van der Waals surface area contributed by atoms with Gasteiger partial charge >= 0.3 is 0 Å². The summed E-state index contributed by atoms with van der Waals surface area (Å²) in [5, 5.41) is 2.76. The first-order valence-corrected chi connectivity index (χ1v) is 8.57. The fourth-order valence-electron chi connectivity index (χ4n) is 2.27. The third kappa shape index (κ3) is 2.85. The molecule has 0 aliphatic rings. The molecular formula is C16H14INO2S. The predicted molar refractivity (Wildman–Crippen MR) is 94.5 cm³/mol. The summed E-state index contributed by atoms with van der Waals surface area (Å²) >= 11 is 3.80. The van der Waals surface area contributed by atoms with E-state index in [-0.39, 0.29) is 11.9 Å². The van der Waals surface area contributed by atoms with Crippen LogP contribution in [0.5, 0.6) is 5.75 Å². The minimum absolute atomic E-state index is 0.0280. The summed E-state index contributed by atoms with van der Waals surface area (Å²) in [5.74, 6) is 0.775. The third-order valence-electron chi connectivity index (χ3n) is 3.10. The van der Waals surface area contributed by atoms with Crippen molar-refractivity contribution < 1.29 is 9.53 Å². The Morgan fingerprint density at radius 2 is 2.19 bits per heavy atom. The molecule has 3 nitrogen and oxygen atoms in total. The molecule has 1 aromatic carbocycles. The van der Waals surface area contributed by atoms with Gasteiger partial charge in [-0.15, -0.1) is 11.3 Å². The molecule has 21 heavy (non-hydrogen) atoms. The quantitative estimate of drug-likeness (QED) is 0.493. The summed E-state index contributed by atoms with van der Waals surface area (Å²) in [5.41, 5.74) is 2.31. The zero-order valence-electron chi connectivity index (χ0n) is 11.6. The summed E-state index contributed by atoms with van der Waals surface area (Å²) < 4.78 is 6.95. The lowest BCUT2D eigenvalue weighted by Gasteiger charge is -2.11. The van der Waals surface area contributed by atoms with Crippen molar-refractivity contribution in [2.24, 2.45) is 0 Å². The first-order valence-electron chi connectivity index (χ1n) is 6.61. The molecule has 0 spiro atoms. The fourth-order valence-corrected chi connectivity index (χ4v) is 3.59. The molecule has 0 fully saturated rings. The predicted octanol–water partition coefficient (Wildman–Crippen LogP) is 4.85. The molecule has 0 atom stereocenters. The number of rotatable bonds is 4. The maximum absolute atomic E-state index is 12.7. The van der Waals surface area contributed by atoms with E-state index in [0.29, 0.717) is 5.56 Å². The van der Waals surface area contributed by atoms with E-state index in [1.54, 1.807) is 17.5 Å². The first-order chi connectivity index (χ1) is 10.1. The van der Waals surface area contributed by atoms with Crippen molar-refractivity contribution in [3.8, 4) is 5.75 Å². The van der Waals surface area contributed by atoms with Crippen molar-refractivity contribution in [3.05, 3.63) is 49.9 Å². The van der Waals surface area contributed by atoms with E-state index in [9.17, 15) is 4.79 Å². The highest BCUT2D eigenvalue weighted by Crippen LogP contribution is 2.31. The number of H-pyrrole nitrogens is 1. The van der Waals surface area contributed by atoms with Crippen LogP contribution in [0, 0.1) is 2.88 Å². The van der Waals surface area contributed by atoms with E-state index in [4.69, 9.17) is 4.74 Å². The fraction of sp³-hybridized carbons (Fsp3) is 0.188. The summed E-state index contributed by atoms with van der Waals surface area (Å²) in [6.45, 7) is 3.96. The topological polar surface area (TPSA) is 42.1 Å². The van der Waals surface area contributed by atoms with Crippen LogP contribution in [0.25, 0.3) is 10.9 Å². The highest BCUT2D eigenvalue weighted by molar-refractivity contribution is 14.1. The number of aromatic nitrogens is 1. The third-order valence-corrected chi connectivity index (χ3v) is 4.89. The summed E-state index contributed by atoms with van der Waals surface area (Å²) in [6, 6.07) is 7.71. The van der Waals surface area contributed by atoms with Crippen LogP contribution in [-0.2, 0) is 0 Å². The van der Waals surface area contributed by atoms with Gasteiger partial charge in [-0.05, 0) is 54.6 Å². The molecule has 0 radical (unpaired) electrons. The highest BCUT2D eigenvalue weighted by atomic mass is 127. The van der Waals surface area contributed by atoms with Gasteiger partial charge in [0.15, 0.2) is 5.78 Å². The Morgan fingerprint density at radius 1 is 1.38 bits per heavy atom. The number of ketones is 1. The molecule has 0 amide bonds. The maximum atomic E-state index is 12.7. The number of hydrogen-bond donors (Lipinski definition) is 1. The average Bonchev–Trinajstić information content (AvgIpc) is 3.04. The van der Waals surface area contributed by atoms with E-state index in [1.165, 1.54) is 0 Å². The normalized spacial score (nSPS) is 11.2. The second-order valence-corrected chi connectivity index (χ2v) is 7.82. The Hall–Kier alpha value is -1.34. The largest absolute Gasteiger partial charge is 0.490 e. The minimum Gasteiger partial charge on any atom is -0.490 e. The van der Waals surface area contributed by atoms with Crippen LogP contribution >= 0.6 is 33.9 Å². The smallest absolute Gasteiger partial charge is 0.196 e. The van der Waals surface area contributed by atoms with Crippen molar-refractivity contribution in [1.29, 1.82) is 0 Å². The molecule has 2 aromatic heterocycles. The number of carbonyl (C=O) groups excluding carboxylic acids is 1.